The van der Waals surface area contributed by atoms with Gasteiger partial charge in [0, 0.05) is 18.2 Å². The lowest BCUT2D eigenvalue weighted by atomic mass is 10.1. The Hall–Kier alpha value is -2.97. The number of nitro benzene ring substituents is 1. The molecule has 0 saturated heterocycles. The summed E-state index contributed by atoms with van der Waals surface area (Å²) >= 11 is 0. The lowest BCUT2D eigenvalue weighted by Crippen LogP contribution is -2.23. The average Bonchev–Trinajstić information content (AvgIpc) is 2.98. The van der Waals surface area contributed by atoms with Gasteiger partial charge in [0.05, 0.1) is 11.5 Å². The van der Waals surface area contributed by atoms with E-state index in [1.165, 1.54) is 24.5 Å². The number of H-pyrrole nitrogens is 1. The molecule has 110 valence electrons. The largest absolute Gasteiger partial charge is 0.380 e. The average molecular weight is 290 g/mol. The highest BCUT2D eigenvalue weighted by molar-refractivity contribution is 5.95. The third-order valence-corrected chi connectivity index (χ3v) is 2.71. The fraction of sp³-hybridized carbons (Fsp3) is 0.250. The van der Waals surface area contributed by atoms with Crippen LogP contribution in [0, 0.1) is 10.1 Å². The maximum absolute atomic E-state index is 12.0. The zero-order chi connectivity index (χ0) is 15.2. The summed E-state index contributed by atoms with van der Waals surface area (Å²) < 4.78 is 0. The molecular weight excluding hydrogens is 276 g/mol. The normalized spacial score (nSPS) is 10.1. The number of nitrogens with zero attached hydrogens (tertiary/aromatic N) is 3. The molecule has 2 aromatic rings. The summed E-state index contributed by atoms with van der Waals surface area (Å²) in [5.74, 6) is 0.0830. The molecule has 0 aliphatic heterocycles. The molecule has 1 amide bonds. The summed E-state index contributed by atoms with van der Waals surface area (Å²) in [5, 5.41) is 22.8. The first-order valence-electron chi connectivity index (χ1n) is 6.26. The molecule has 0 spiro atoms. The number of anilines is 1. The fourth-order valence-corrected chi connectivity index (χ4v) is 1.75. The summed E-state index contributed by atoms with van der Waals surface area (Å²) in [4.78, 5) is 26.3. The van der Waals surface area contributed by atoms with Crippen LogP contribution in [0.1, 0.15) is 23.1 Å². The predicted octanol–water partition coefficient (Wildman–Crippen LogP) is 1.07. The molecule has 21 heavy (non-hydrogen) atoms. The maximum atomic E-state index is 12.0. The number of carbonyl (C=O) groups is 1. The van der Waals surface area contributed by atoms with Gasteiger partial charge in [0.1, 0.15) is 17.8 Å². The third kappa shape index (κ3) is 3.53. The number of hydrogen-bond donors (Lipinski definition) is 3. The van der Waals surface area contributed by atoms with Crippen LogP contribution in [0.4, 0.5) is 11.4 Å². The smallest absolute Gasteiger partial charge is 0.293 e. The molecule has 1 heterocycles. The first kappa shape index (κ1) is 14.4. The first-order valence-corrected chi connectivity index (χ1v) is 6.26. The summed E-state index contributed by atoms with van der Waals surface area (Å²) in [6, 6.07) is 4.29. The van der Waals surface area contributed by atoms with Gasteiger partial charge in [0.15, 0.2) is 0 Å². The van der Waals surface area contributed by atoms with Crippen molar-refractivity contribution in [3.63, 3.8) is 0 Å². The molecule has 0 atom stereocenters. The summed E-state index contributed by atoms with van der Waals surface area (Å²) in [7, 11) is 0. The van der Waals surface area contributed by atoms with Gasteiger partial charge in [-0.3, -0.25) is 20.0 Å². The highest BCUT2D eigenvalue weighted by Gasteiger charge is 2.17. The number of carbonyl (C=O) groups excluding carboxylic acids is 1. The zero-order valence-electron chi connectivity index (χ0n) is 11.3. The molecule has 9 nitrogen and oxygen atoms in total. The van der Waals surface area contributed by atoms with E-state index in [1.54, 1.807) is 0 Å². The van der Waals surface area contributed by atoms with Gasteiger partial charge >= 0.3 is 0 Å². The van der Waals surface area contributed by atoms with Crippen LogP contribution < -0.4 is 10.6 Å². The minimum Gasteiger partial charge on any atom is -0.380 e. The second kappa shape index (κ2) is 6.46. The van der Waals surface area contributed by atoms with E-state index >= 15 is 0 Å². The van der Waals surface area contributed by atoms with E-state index in [0.29, 0.717) is 18.1 Å². The summed E-state index contributed by atoms with van der Waals surface area (Å²) in [5.41, 5.74) is 0.460. The number of nitrogens with one attached hydrogen (secondary N) is 3. The SMILES string of the molecule is CCNc1ccc(C(=O)NCc2ncn[nH]2)cc1[N+](=O)[O-]. The highest BCUT2D eigenvalue weighted by Crippen LogP contribution is 2.25. The number of aromatic amines is 1. The zero-order valence-corrected chi connectivity index (χ0v) is 11.3. The maximum Gasteiger partial charge on any atom is 0.293 e. The van der Waals surface area contributed by atoms with Gasteiger partial charge in [-0.1, -0.05) is 0 Å². The minimum atomic E-state index is -0.523. The van der Waals surface area contributed by atoms with E-state index in [9.17, 15) is 14.9 Å². The van der Waals surface area contributed by atoms with Gasteiger partial charge in [0.2, 0.25) is 0 Å². The molecule has 0 fully saturated rings. The van der Waals surface area contributed by atoms with Crippen LogP contribution in [0.3, 0.4) is 0 Å². The van der Waals surface area contributed by atoms with Crippen LogP contribution in [-0.4, -0.2) is 32.6 Å². The van der Waals surface area contributed by atoms with Gasteiger partial charge in [-0.2, -0.15) is 5.10 Å². The van der Waals surface area contributed by atoms with Crippen LogP contribution in [0.2, 0.25) is 0 Å². The van der Waals surface area contributed by atoms with Crippen molar-refractivity contribution in [1.29, 1.82) is 0 Å². The quantitative estimate of drug-likeness (QED) is 0.539. The molecule has 0 bridgehead atoms. The monoisotopic (exact) mass is 290 g/mol. The van der Waals surface area contributed by atoms with Crippen LogP contribution >= 0.6 is 0 Å². The standard InChI is InChI=1S/C12H14N6O3/c1-2-13-9-4-3-8(5-10(9)18(20)21)12(19)14-6-11-15-7-16-17-11/h3-5,7,13H,2,6H2,1H3,(H,14,19)(H,15,16,17). The molecule has 9 heteroatoms. The van der Waals surface area contributed by atoms with Crippen LogP contribution in [0.25, 0.3) is 0 Å². The van der Waals surface area contributed by atoms with Crippen molar-refractivity contribution in [2.45, 2.75) is 13.5 Å². The minimum absolute atomic E-state index is 0.135. The highest BCUT2D eigenvalue weighted by atomic mass is 16.6. The Labute approximate surface area is 119 Å². The van der Waals surface area contributed by atoms with Crippen LogP contribution in [-0.2, 0) is 6.54 Å². The van der Waals surface area contributed by atoms with E-state index in [0.717, 1.165) is 0 Å². The van der Waals surface area contributed by atoms with Crippen molar-refractivity contribution >= 4 is 17.3 Å². The number of benzene rings is 1. The second-order valence-electron chi connectivity index (χ2n) is 4.13. The third-order valence-electron chi connectivity index (χ3n) is 2.71. The van der Waals surface area contributed by atoms with E-state index in [4.69, 9.17) is 0 Å². The topological polar surface area (TPSA) is 126 Å². The molecule has 0 aliphatic carbocycles. The number of nitro groups is 1. The Morgan fingerprint density at radius 1 is 1.48 bits per heavy atom. The van der Waals surface area contributed by atoms with Crippen molar-refractivity contribution in [2.24, 2.45) is 0 Å². The van der Waals surface area contributed by atoms with Gasteiger partial charge in [-0.25, -0.2) is 4.98 Å². The number of amides is 1. The lowest BCUT2D eigenvalue weighted by Gasteiger charge is -2.07. The Morgan fingerprint density at radius 2 is 2.29 bits per heavy atom. The van der Waals surface area contributed by atoms with E-state index in [-0.39, 0.29) is 17.8 Å². The number of aromatic nitrogens is 3. The van der Waals surface area contributed by atoms with Gasteiger partial charge in [0.25, 0.3) is 11.6 Å². The van der Waals surface area contributed by atoms with E-state index in [1.807, 2.05) is 6.92 Å². The van der Waals surface area contributed by atoms with Crippen molar-refractivity contribution in [2.75, 3.05) is 11.9 Å². The lowest BCUT2D eigenvalue weighted by molar-refractivity contribution is -0.384. The first-order chi connectivity index (χ1) is 10.1. The molecule has 0 unspecified atom stereocenters. The predicted molar refractivity (Wildman–Crippen MR) is 74.8 cm³/mol. The Bertz CT molecular complexity index is 640. The number of rotatable bonds is 6. The van der Waals surface area contributed by atoms with Crippen molar-refractivity contribution < 1.29 is 9.72 Å². The summed E-state index contributed by atoms with van der Waals surface area (Å²) in [6.45, 7) is 2.56. The van der Waals surface area contributed by atoms with Crippen molar-refractivity contribution in [3.8, 4) is 0 Å². The van der Waals surface area contributed by atoms with Crippen LogP contribution in [0.15, 0.2) is 24.5 Å². The van der Waals surface area contributed by atoms with E-state index in [2.05, 4.69) is 25.8 Å². The molecule has 0 saturated carbocycles. The number of hydrogen-bond acceptors (Lipinski definition) is 6. The fourth-order valence-electron chi connectivity index (χ4n) is 1.75. The summed E-state index contributed by atoms with van der Waals surface area (Å²) in [6.07, 6.45) is 1.33. The molecule has 1 aromatic heterocycles. The van der Waals surface area contributed by atoms with Crippen molar-refractivity contribution in [1.82, 2.24) is 20.5 Å². The molecule has 0 aliphatic rings. The second-order valence-corrected chi connectivity index (χ2v) is 4.13. The van der Waals surface area contributed by atoms with Gasteiger partial charge < -0.3 is 10.6 Å². The Balaban J connectivity index is 2.13. The Morgan fingerprint density at radius 3 is 2.90 bits per heavy atom. The molecule has 2 rings (SSSR count). The van der Waals surface area contributed by atoms with Gasteiger partial charge in [-0.05, 0) is 19.1 Å². The van der Waals surface area contributed by atoms with Crippen molar-refractivity contribution in [3.05, 3.63) is 46.0 Å². The molecule has 0 radical (unpaired) electrons. The van der Waals surface area contributed by atoms with E-state index < -0.39 is 10.8 Å². The molecular formula is C12H14N6O3. The van der Waals surface area contributed by atoms with Gasteiger partial charge in [-0.15, -0.1) is 0 Å². The molecule has 1 aromatic carbocycles. The molecule has 3 N–H and O–H groups in total. The Kier molecular flexibility index (Phi) is 4.44. The van der Waals surface area contributed by atoms with Crippen LogP contribution in [0.5, 0.6) is 0 Å².